The molecule has 0 amide bonds. The summed E-state index contributed by atoms with van der Waals surface area (Å²) in [6.07, 6.45) is 3.72. The monoisotopic (exact) mass is 829 g/mol. The van der Waals surface area contributed by atoms with E-state index < -0.39 is 5.41 Å². The first-order valence-electron chi connectivity index (χ1n) is 16.9. The molecule has 0 unspecified atom stereocenters. The van der Waals surface area contributed by atoms with E-state index >= 15 is 0 Å². The number of aromatic nitrogens is 4. The van der Waals surface area contributed by atoms with Crippen molar-refractivity contribution in [2.75, 3.05) is 0 Å². The van der Waals surface area contributed by atoms with Crippen LogP contribution in [0.1, 0.15) is 22.3 Å². The van der Waals surface area contributed by atoms with Gasteiger partial charge in [-0.2, -0.15) is 0 Å². The Morgan fingerprint density at radius 3 is 2.06 bits per heavy atom. The van der Waals surface area contributed by atoms with Crippen LogP contribution < -0.4 is 0 Å². The molecule has 1 aliphatic carbocycles. The van der Waals surface area contributed by atoms with E-state index in [0.29, 0.717) is 0 Å². The molecule has 0 saturated heterocycles. The van der Waals surface area contributed by atoms with Gasteiger partial charge in [-0.15, -0.1) is 52.4 Å². The number of nitrogens with zero attached hydrogens (tertiary/aromatic N) is 4. The molecule has 0 N–H and O–H groups in total. The van der Waals surface area contributed by atoms with Crippen molar-refractivity contribution in [1.82, 2.24) is 19.4 Å². The molecule has 4 aromatic heterocycles. The minimum atomic E-state index is -0.720. The maximum Gasteiger partial charge on any atom is 2.00 e. The van der Waals surface area contributed by atoms with Crippen LogP contribution in [-0.2, 0) is 26.5 Å². The van der Waals surface area contributed by atoms with Gasteiger partial charge in [0.1, 0.15) is 5.65 Å². The number of benzene rings is 6. The number of para-hydroxylation sites is 2. The van der Waals surface area contributed by atoms with E-state index in [1.54, 1.807) is 0 Å². The number of hydrogen-bond donors (Lipinski definition) is 0. The second-order valence-electron chi connectivity index (χ2n) is 13.0. The molecule has 6 aromatic carbocycles. The SMILES string of the molecule is [Pt+2].[c-]1c(C2(c3[c-]c4c(cc3)c3cccnc3n3c5ccccc5nc43)c3ccccc3-c3ccccc32)cc2ccccc2c1-c1ccccn1. The molecule has 5 heteroatoms. The Kier molecular flexibility index (Phi) is 6.62. The summed E-state index contributed by atoms with van der Waals surface area (Å²) in [6, 6.07) is 59.6. The molecule has 4 heterocycles. The normalized spacial score (nSPS) is 13.1. The molecule has 0 radical (unpaired) electrons. The molecule has 51 heavy (non-hydrogen) atoms. The standard InChI is InChI=1S/C46H26N4.Pt/c1-2-13-32-29(12-1)26-31(28-37(32)41-19-9-10-24-47-41)46(39-17-5-3-14-34(39)35-15-4-6-18-40(35)46)30-22-23-33-36-16-11-25-48-44(36)50-43-21-8-7-20-42(43)49-45(50)38(33)27-30;/h1-26H;/q-2;+2. The zero-order valence-corrected chi connectivity index (χ0v) is 29.4. The van der Waals surface area contributed by atoms with Crippen molar-refractivity contribution >= 4 is 49.3 Å². The predicted molar refractivity (Wildman–Crippen MR) is 201 cm³/mol. The van der Waals surface area contributed by atoms with Crippen molar-refractivity contribution in [2.24, 2.45) is 0 Å². The fourth-order valence-electron chi connectivity index (χ4n) is 8.43. The third kappa shape index (κ3) is 4.08. The topological polar surface area (TPSA) is 43.1 Å². The van der Waals surface area contributed by atoms with Crippen LogP contribution in [0.4, 0.5) is 0 Å². The zero-order chi connectivity index (χ0) is 32.8. The molecule has 10 aromatic rings. The molecule has 0 atom stereocenters. The van der Waals surface area contributed by atoms with E-state index in [0.717, 1.165) is 71.6 Å². The molecular weight excluding hydrogens is 804 g/mol. The summed E-state index contributed by atoms with van der Waals surface area (Å²) < 4.78 is 2.19. The molecule has 1 aliphatic rings. The van der Waals surface area contributed by atoms with Crippen LogP contribution in [0.3, 0.4) is 0 Å². The summed E-state index contributed by atoms with van der Waals surface area (Å²) in [5.74, 6) is 0. The predicted octanol–water partition coefficient (Wildman–Crippen LogP) is 10.4. The quantitative estimate of drug-likeness (QED) is 0.132. The summed E-state index contributed by atoms with van der Waals surface area (Å²) in [5.41, 5.74) is 11.8. The smallest absolute Gasteiger partial charge is 0.318 e. The maximum absolute atomic E-state index is 5.22. The van der Waals surface area contributed by atoms with Crippen molar-refractivity contribution in [3.63, 3.8) is 0 Å². The van der Waals surface area contributed by atoms with E-state index in [2.05, 4.69) is 138 Å². The van der Waals surface area contributed by atoms with E-state index in [1.165, 1.54) is 22.3 Å². The Hall–Kier alpha value is -5.96. The van der Waals surface area contributed by atoms with Gasteiger partial charge < -0.3 is 9.38 Å². The van der Waals surface area contributed by atoms with E-state index in [1.807, 2.05) is 36.7 Å². The summed E-state index contributed by atoms with van der Waals surface area (Å²) in [6.45, 7) is 0. The van der Waals surface area contributed by atoms with Gasteiger partial charge in [0.2, 0.25) is 0 Å². The molecule has 0 aliphatic heterocycles. The summed E-state index contributed by atoms with van der Waals surface area (Å²) in [5, 5.41) is 5.37. The van der Waals surface area contributed by atoms with Crippen LogP contribution >= 0.6 is 0 Å². The third-order valence-electron chi connectivity index (χ3n) is 10.5. The van der Waals surface area contributed by atoms with Gasteiger partial charge >= 0.3 is 21.1 Å². The Labute approximate surface area is 308 Å². The Balaban J connectivity index is 0.00000327. The number of rotatable bonds is 3. The van der Waals surface area contributed by atoms with Crippen LogP contribution in [0.25, 0.3) is 71.6 Å². The molecule has 0 saturated carbocycles. The van der Waals surface area contributed by atoms with Gasteiger partial charge in [-0.1, -0.05) is 119 Å². The number of imidazole rings is 1. The number of hydrogen-bond acceptors (Lipinski definition) is 3. The molecule has 11 rings (SSSR count). The van der Waals surface area contributed by atoms with Crippen LogP contribution in [-0.4, -0.2) is 19.4 Å². The average molecular weight is 830 g/mol. The van der Waals surface area contributed by atoms with Gasteiger partial charge in [0, 0.05) is 17.8 Å². The number of pyridine rings is 3. The summed E-state index contributed by atoms with van der Waals surface area (Å²) >= 11 is 0. The maximum atomic E-state index is 5.22. The van der Waals surface area contributed by atoms with Crippen LogP contribution in [0.15, 0.2) is 158 Å². The average Bonchev–Trinajstić information content (AvgIpc) is 3.73. The third-order valence-corrected chi connectivity index (χ3v) is 10.5. The van der Waals surface area contributed by atoms with E-state index in [4.69, 9.17) is 15.0 Å². The molecule has 0 bridgehead atoms. The van der Waals surface area contributed by atoms with Gasteiger partial charge in [0.25, 0.3) is 0 Å². The summed E-state index contributed by atoms with van der Waals surface area (Å²) in [4.78, 5) is 14.9. The molecule has 0 spiro atoms. The van der Waals surface area contributed by atoms with Crippen LogP contribution in [0, 0.1) is 12.1 Å². The Morgan fingerprint density at radius 2 is 1.24 bits per heavy atom. The van der Waals surface area contributed by atoms with Gasteiger partial charge in [0.15, 0.2) is 0 Å². The number of fused-ring (bicyclic) bond motifs is 12. The first kappa shape index (κ1) is 29.9. The Morgan fingerprint density at radius 1 is 0.529 bits per heavy atom. The molecule has 240 valence electrons. The van der Waals surface area contributed by atoms with E-state index in [-0.39, 0.29) is 21.1 Å². The van der Waals surface area contributed by atoms with Crippen LogP contribution in [0.5, 0.6) is 0 Å². The second-order valence-corrected chi connectivity index (χ2v) is 13.0. The first-order chi connectivity index (χ1) is 24.8. The van der Waals surface area contributed by atoms with Gasteiger partial charge in [-0.25, -0.2) is 4.98 Å². The second kappa shape index (κ2) is 11.3. The minimum Gasteiger partial charge on any atom is -0.318 e. The molecular formula is C46H26N4Pt. The molecule has 0 fully saturated rings. The van der Waals surface area contributed by atoms with Crippen molar-refractivity contribution < 1.29 is 21.1 Å². The van der Waals surface area contributed by atoms with Gasteiger partial charge in [0.05, 0.1) is 16.7 Å². The molecule has 4 nitrogen and oxygen atoms in total. The van der Waals surface area contributed by atoms with Gasteiger partial charge in [-0.3, -0.25) is 4.98 Å². The first-order valence-corrected chi connectivity index (χ1v) is 16.9. The van der Waals surface area contributed by atoms with Gasteiger partial charge in [-0.05, 0) is 57.6 Å². The van der Waals surface area contributed by atoms with Crippen molar-refractivity contribution in [2.45, 2.75) is 5.41 Å². The fourth-order valence-corrected chi connectivity index (χ4v) is 8.43. The van der Waals surface area contributed by atoms with Crippen molar-refractivity contribution in [3.05, 3.63) is 192 Å². The minimum absolute atomic E-state index is 0. The van der Waals surface area contributed by atoms with E-state index in [9.17, 15) is 0 Å². The van der Waals surface area contributed by atoms with Crippen LogP contribution in [0.2, 0.25) is 0 Å². The fraction of sp³-hybridized carbons (Fsp3) is 0.0217. The Bertz CT molecular complexity index is 2960. The largest absolute Gasteiger partial charge is 2.00 e. The zero-order valence-electron chi connectivity index (χ0n) is 27.1. The van der Waals surface area contributed by atoms with Crippen molar-refractivity contribution in [3.8, 4) is 22.4 Å². The van der Waals surface area contributed by atoms with Crippen molar-refractivity contribution in [1.29, 1.82) is 0 Å². The summed E-state index contributed by atoms with van der Waals surface area (Å²) in [7, 11) is 0.